The second-order valence-corrected chi connectivity index (χ2v) is 3.57. The highest BCUT2D eigenvalue weighted by atomic mass is 19.3. The van der Waals surface area contributed by atoms with Crippen LogP contribution in [0, 0.1) is 0 Å². The van der Waals surface area contributed by atoms with Gasteiger partial charge in [0, 0.05) is 0 Å². The number of hydrogen-bond donors (Lipinski definition) is 0. The summed E-state index contributed by atoms with van der Waals surface area (Å²) >= 11 is 0. The van der Waals surface area contributed by atoms with Crippen LogP contribution in [0.15, 0.2) is 24.8 Å². The lowest BCUT2D eigenvalue weighted by atomic mass is 10.0. The molecule has 0 fully saturated rings. The van der Waals surface area contributed by atoms with Crippen molar-refractivity contribution in [2.75, 3.05) is 0 Å². The zero-order valence-electron chi connectivity index (χ0n) is 8.84. The van der Waals surface area contributed by atoms with Crippen molar-refractivity contribution >= 4 is 6.08 Å². The van der Waals surface area contributed by atoms with Crippen molar-refractivity contribution in [3.63, 3.8) is 0 Å². The zero-order chi connectivity index (χ0) is 11.4. The van der Waals surface area contributed by atoms with Crippen LogP contribution in [0.25, 0.3) is 6.08 Å². The van der Waals surface area contributed by atoms with E-state index in [1.54, 1.807) is 18.2 Å². The minimum atomic E-state index is -2.79. The molecule has 0 aliphatic carbocycles. The molecule has 15 heavy (non-hydrogen) atoms. The fourth-order valence-electron chi connectivity index (χ4n) is 1.27. The van der Waals surface area contributed by atoms with E-state index in [9.17, 15) is 8.78 Å². The first-order chi connectivity index (χ1) is 7.02. The van der Waals surface area contributed by atoms with Gasteiger partial charge in [0.2, 0.25) is 0 Å². The molecule has 82 valence electrons. The van der Waals surface area contributed by atoms with Gasteiger partial charge in [-0.2, -0.15) is 8.78 Å². The molecule has 0 radical (unpaired) electrons. The Morgan fingerprint density at radius 1 is 1.27 bits per heavy atom. The van der Waals surface area contributed by atoms with E-state index in [4.69, 9.17) is 0 Å². The Morgan fingerprint density at radius 3 is 2.40 bits per heavy atom. The van der Waals surface area contributed by atoms with Crippen LogP contribution >= 0.6 is 0 Å². The topological polar surface area (TPSA) is 9.23 Å². The molecule has 1 rings (SSSR count). The lowest BCUT2D eigenvalue weighted by Crippen LogP contribution is -2.03. The standard InChI is InChI=1S/C12H14F2O/c1-4-9-5-10(8(2)3)7-11(6-9)15-12(13)14/h4-8,12H,1H2,2-3H3. The van der Waals surface area contributed by atoms with Crippen molar-refractivity contribution in [3.05, 3.63) is 35.9 Å². The van der Waals surface area contributed by atoms with Gasteiger partial charge in [-0.05, 0) is 29.2 Å². The number of hydrogen-bond acceptors (Lipinski definition) is 1. The number of rotatable bonds is 4. The lowest BCUT2D eigenvalue weighted by molar-refractivity contribution is -0.0499. The molecular weight excluding hydrogens is 198 g/mol. The van der Waals surface area contributed by atoms with Gasteiger partial charge < -0.3 is 4.74 Å². The number of alkyl halides is 2. The SMILES string of the molecule is C=Cc1cc(OC(F)F)cc(C(C)C)c1. The molecule has 0 N–H and O–H groups in total. The molecule has 0 aliphatic heterocycles. The summed E-state index contributed by atoms with van der Waals surface area (Å²) in [6, 6.07) is 5.09. The van der Waals surface area contributed by atoms with Crippen molar-refractivity contribution in [2.24, 2.45) is 0 Å². The maximum absolute atomic E-state index is 12.0. The van der Waals surface area contributed by atoms with Crippen molar-refractivity contribution in [2.45, 2.75) is 26.4 Å². The van der Waals surface area contributed by atoms with E-state index < -0.39 is 6.61 Å². The minimum Gasteiger partial charge on any atom is -0.435 e. The van der Waals surface area contributed by atoms with E-state index in [1.165, 1.54) is 0 Å². The van der Waals surface area contributed by atoms with Crippen molar-refractivity contribution in [3.8, 4) is 5.75 Å². The molecule has 0 unspecified atom stereocenters. The van der Waals surface area contributed by atoms with Gasteiger partial charge >= 0.3 is 6.61 Å². The largest absolute Gasteiger partial charge is 0.435 e. The van der Waals surface area contributed by atoms with Gasteiger partial charge in [-0.25, -0.2) is 0 Å². The molecule has 3 heteroatoms. The lowest BCUT2D eigenvalue weighted by Gasteiger charge is -2.11. The summed E-state index contributed by atoms with van der Waals surface area (Å²) in [6.07, 6.45) is 1.62. The Hall–Kier alpha value is -1.38. The van der Waals surface area contributed by atoms with Crippen LogP contribution in [-0.2, 0) is 0 Å². The quantitative estimate of drug-likeness (QED) is 0.731. The van der Waals surface area contributed by atoms with Crippen molar-refractivity contribution in [1.82, 2.24) is 0 Å². The normalized spacial score (nSPS) is 10.8. The van der Waals surface area contributed by atoms with E-state index in [0.29, 0.717) is 0 Å². The number of halogens is 2. The summed E-state index contributed by atoms with van der Waals surface area (Å²) in [5.74, 6) is 0.455. The summed E-state index contributed by atoms with van der Waals surface area (Å²) in [7, 11) is 0. The molecular formula is C12H14F2O. The molecule has 0 saturated carbocycles. The summed E-state index contributed by atoms with van der Waals surface area (Å²) in [5, 5.41) is 0. The molecule has 1 aromatic rings. The Morgan fingerprint density at radius 2 is 1.93 bits per heavy atom. The van der Waals surface area contributed by atoms with Crippen LogP contribution < -0.4 is 4.74 Å². The summed E-state index contributed by atoms with van der Waals surface area (Å²) in [4.78, 5) is 0. The van der Waals surface area contributed by atoms with Crippen LogP contribution in [-0.4, -0.2) is 6.61 Å². The predicted molar refractivity (Wildman–Crippen MR) is 57.3 cm³/mol. The molecule has 0 aliphatic rings. The molecule has 0 amide bonds. The average Bonchev–Trinajstić information content (AvgIpc) is 2.16. The maximum Gasteiger partial charge on any atom is 0.387 e. The average molecular weight is 212 g/mol. The van der Waals surface area contributed by atoms with Crippen molar-refractivity contribution < 1.29 is 13.5 Å². The van der Waals surface area contributed by atoms with Gasteiger partial charge in [0.1, 0.15) is 5.75 Å². The van der Waals surface area contributed by atoms with Gasteiger partial charge in [-0.3, -0.25) is 0 Å². The van der Waals surface area contributed by atoms with Gasteiger partial charge in [-0.1, -0.05) is 32.6 Å². The van der Waals surface area contributed by atoms with Crippen LogP contribution in [0.1, 0.15) is 30.9 Å². The number of ether oxygens (including phenoxy) is 1. The monoisotopic (exact) mass is 212 g/mol. The predicted octanol–water partition coefficient (Wildman–Crippen LogP) is 4.05. The third-order valence-electron chi connectivity index (χ3n) is 2.08. The first-order valence-electron chi connectivity index (χ1n) is 4.75. The van der Waals surface area contributed by atoms with Gasteiger partial charge in [0.05, 0.1) is 0 Å². The first kappa shape index (κ1) is 11.7. The molecule has 0 bridgehead atoms. The minimum absolute atomic E-state index is 0.186. The van der Waals surface area contributed by atoms with Crippen LogP contribution in [0.3, 0.4) is 0 Å². The van der Waals surface area contributed by atoms with Gasteiger partial charge in [0.15, 0.2) is 0 Å². The van der Waals surface area contributed by atoms with Crippen LogP contribution in [0.4, 0.5) is 8.78 Å². The second kappa shape index (κ2) is 4.91. The Bertz CT molecular complexity index is 345. The molecule has 1 nitrogen and oxygen atoms in total. The summed E-state index contributed by atoms with van der Waals surface area (Å²) < 4.78 is 28.4. The van der Waals surface area contributed by atoms with E-state index in [0.717, 1.165) is 11.1 Å². The Kier molecular flexibility index (Phi) is 3.83. The van der Waals surface area contributed by atoms with Crippen LogP contribution in [0.2, 0.25) is 0 Å². The van der Waals surface area contributed by atoms with E-state index in [1.807, 2.05) is 19.9 Å². The maximum atomic E-state index is 12.0. The molecule has 0 heterocycles. The smallest absolute Gasteiger partial charge is 0.387 e. The Balaban J connectivity index is 3.05. The highest BCUT2D eigenvalue weighted by molar-refractivity contribution is 5.52. The highest BCUT2D eigenvalue weighted by Crippen LogP contribution is 2.24. The van der Waals surface area contributed by atoms with Gasteiger partial charge in [0.25, 0.3) is 0 Å². The highest BCUT2D eigenvalue weighted by Gasteiger charge is 2.08. The summed E-state index contributed by atoms with van der Waals surface area (Å²) in [6.45, 7) is 4.81. The third kappa shape index (κ3) is 3.35. The molecule has 0 atom stereocenters. The first-order valence-corrected chi connectivity index (χ1v) is 4.75. The van der Waals surface area contributed by atoms with Gasteiger partial charge in [-0.15, -0.1) is 0 Å². The van der Waals surface area contributed by atoms with E-state index >= 15 is 0 Å². The number of benzene rings is 1. The third-order valence-corrected chi connectivity index (χ3v) is 2.08. The fourth-order valence-corrected chi connectivity index (χ4v) is 1.27. The van der Waals surface area contributed by atoms with E-state index in [-0.39, 0.29) is 11.7 Å². The fraction of sp³-hybridized carbons (Fsp3) is 0.333. The molecule has 0 aromatic heterocycles. The van der Waals surface area contributed by atoms with Crippen LogP contribution in [0.5, 0.6) is 5.75 Å². The van der Waals surface area contributed by atoms with Crippen molar-refractivity contribution in [1.29, 1.82) is 0 Å². The molecule has 0 spiro atoms. The molecule has 1 aromatic carbocycles. The zero-order valence-corrected chi connectivity index (χ0v) is 8.84. The second-order valence-electron chi connectivity index (χ2n) is 3.57. The molecule has 0 saturated heterocycles. The Labute approximate surface area is 88.4 Å². The summed E-state index contributed by atoms with van der Waals surface area (Å²) in [5.41, 5.74) is 1.75. The van der Waals surface area contributed by atoms with E-state index in [2.05, 4.69) is 11.3 Å².